The van der Waals surface area contributed by atoms with Gasteiger partial charge in [-0.05, 0) is 121 Å². The molecule has 53 heavy (non-hydrogen) atoms. The molecule has 7 aromatic carbocycles. The zero-order valence-corrected chi connectivity index (χ0v) is 34.6. The van der Waals surface area contributed by atoms with E-state index in [4.69, 9.17) is 0 Å². The molecule has 0 spiro atoms. The number of aryl methyl sites for hydroxylation is 1. The van der Waals surface area contributed by atoms with Crippen molar-refractivity contribution < 1.29 is 0 Å². The first kappa shape index (κ1) is 34.1. The predicted molar refractivity (Wildman–Crippen MR) is 236 cm³/mol. The summed E-state index contributed by atoms with van der Waals surface area (Å²) in [7, 11) is -3.85. The molecule has 0 fully saturated rings. The van der Waals surface area contributed by atoms with Crippen molar-refractivity contribution in [3.05, 3.63) is 162 Å². The number of anilines is 3. The standard InChI is InChI=1S/C50H51NSi2/c1-49(2)30-29-36-31-40(26-28-44(36)49)51(38-20-10-9-11-21-38)39-22-16-19-37(32-39)46-41-23-14-13-18-35(41)33-45-47(46)43-27-25-34-17-12-15-24-42(34)48(43)50(45,52(3,4)5)53(6,7)8/h9-28,31-33H,29-30H2,1-8H3. The SMILES string of the molecule is CC1(C)CCc2cc(N(c3ccccc3)c3cccc(-c4c5c(cc6ccccc46)C([Si](C)(C)C)([Si](C)(C)C)c4c-5ccc5ccccc45)c3)ccc21. The minimum atomic E-state index is -1.92. The van der Waals surface area contributed by atoms with E-state index in [-0.39, 0.29) is 10.1 Å². The van der Waals surface area contributed by atoms with Gasteiger partial charge in [0, 0.05) is 21.7 Å². The van der Waals surface area contributed by atoms with Gasteiger partial charge in [0.1, 0.15) is 0 Å². The van der Waals surface area contributed by atoms with Gasteiger partial charge in [0.05, 0.1) is 16.1 Å². The lowest BCUT2D eigenvalue weighted by Gasteiger charge is -2.51. The largest absolute Gasteiger partial charge is 0.310 e. The van der Waals surface area contributed by atoms with Crippen LogP contribution in [0, 0.1) is 0 Å². The lowest BCUT2D eigenvalue weighted by molar-refractivity contribution is 0.522. The summed E-state index contributed by atoms with van der Waals surface area (Å²) in [5.74, 6) is 0. The number of rotatable bonds is 6. The Morgan fingerprint density at radius 2 is 1.15 bits per heavy atom. The number of fused-ring (bicyclic) bond motifs is 7. The first-order valence-electron chi connectivity index (χ1n) is 19.5. The van der Waals surface area contributed by atoms with Gasteiger partial charge in [-0.1, -0.05) is 156 Å². The summed E-state index contributed by atoms with van der Waals surface area (Å²) in [5.41, 5.74) is 15.5. The van der Waals surface area contributed by atoms with E-state index in [1.165, 1.54) is 78.4 Å². The van der Waals surface area contributed by atoms with Crippen LogP contribution >= 0.6 is 0 Å². The average molecular weight is 722 g/mol. The van der Waals surface area contributed by atoms with Crippen molar-refractivity contribution in [1.29, 1.82) is 0 Å². The molecule has 0 saturated heterocycles. The van der Waals surface area contributed by atoms with Crippen molar-refractivity contribution in [3.8, 4) is 22.3 Å². The van der Waals surface area contributed by atoms with Crippen molar-refractivity contribution in [2.45, 2.75) is 76.0 Å². The van der Waals surface area contributed by atoms with Crippen LogP contribution in [0.2, 0.25) is 39.3 Å². The third-order valence-electron chi connectivity index (χ3n) is 12.8. The Labute approximate surface area is 318 Å². The number of hydrogen-bond acceptors (Lipinski definition) is 1. The highest BCUT2D eigenvalue weighted by molar-refractivity contribution is 7.00. The van der Waals surface area contributed by atoms with E-state index in [0.717, 1.165) is 6.42 Å². The molecule has 0 aromatic heterocycles. The van der Waals surface area contributed by atoms with Gasteiger partial charge in [-0.15, -0.1) is 0 Å². The lowest BCUT2D eigenvalue weighted by atomic mass is 9.86. The lowest BCUT2D eigenvalue weighted by Crippen LogP contribution is -2.63. The maximum absolute atomic E-state index is 2.64. The predicted octanol–water partition coefficient (Wildman–Crippen LogP) is 14.4. The van der Waals surface area contributed by atoms with Crippen LogP contribution in [0.25, 0.3) is 43.8 Å². The molecule has 9 rings (SSSR count). The Hall–Kier alpha value is -4.71. The van der Waals surface area contributed by atoms with Crippen LogP contribution in [0.4, 0.5) is 17.1 Å². The second-order valence-corrected chi connectivity index (χ2v) is 29.3. The Kier molecular flexibility index (Phi) is 7.65. The third kappa shape index (κ3) is 5.00. The Morgan fingerprint density at radius 3 is 1.89 bits per heavy atom. The Bertz CT molecular complexity index is 2550. The summed E-state index contributed by atoms with van der Waals surface area (Å²) in [5, 5.41) is 5.45. The number of benzene rings is 7. The molecule has 0 bridgehead atoms. The molecule has 1 nitrogen and oxygen atoms in total. The van der Waals surface area contributed by atoms with E-state index in [9.17, 15) is 0 Å². The molecule has 3 heteroatoms. The van der Waals surface area contributed by atoms with Gasteiger partial charge in [-0.2, -0.15) is 0 Å². The normalized spacial score (nSPS) is 15.7. The van der Waals surface area contributed by atoms with Crippen LogP contribution in [0.1, 0.15) is 42.5 Å². The molecule has 2 aliphatic rings. The fraction of sp³-hybridized carbons (Fsp3) is 0.240. The van der Waals surface area contributed by atoms with Crippen LogP contribution in [0.15, 0.2) is 140 Å². The molecular formula is C50H51NSi2. The molecule has 0 radical (unpaired) electrons. The minimum Gasteiger partial charge on any atom is -0.310 e. The van der Waals surface area contributed by atoms with Crippen LogP contribution in [0.5, 0.6) is 0 Å². The van der Waals surface area contributed by atoms with E-state index in [0.29, 0.717) is 0 Å². The second kappa shape index (κ2) is 11.9. The van der Waals surface area contributed by atoms with Crippen molar-refractivity contribution in [3.63, 3.8) is 0 Å². The molecule has 0 unspecified atom stereocenters. The zero-order chi connectivity index (χ0) is 36.9. The summed E-state index contributed by atoms with van der Waals surface area (Å²) in [6.07, 6.45) is 2.33. The van der Waals surface area contributed by atoms with E-state index < -0.39 is 16.1 Å². The minimum absolute atomic E-state index is 0.0240. The van der Waals surface area contributed by atoms with Gasteiger partial charge in [0.2, 0.25) is 0 Å². The maximum atomic E-state index is 2.64. The van der Waals surface area contributed by atoms with E-state index >= 15 is 0 Å². The van der Waals surface area contributed by atoms with Crippen LogP contribution in [0.3, 0.4) is 0 Å². The number of hydrogen-bond donors (Lipinski definition) is 0. The topological polar surface area (TPSA) is 3.24 Å². The van der Waals surface area contributed by atoms with Gasteiger partial charge in [-0.25, -0.2) is 0 Å². The van der Waals surface area contributed by atoms with Crippen molar-refractivity contribution in [1.82, 2.24) is 0 Å². The van der Waals surface area contributed by atoms with Gasteiger partial charge >= 0.3 is 0 Å². The molecule has 7 aromatic rings. The van der Waals surface area contributed by atoms with Gasteiger partial charge < -0.3 is 4.90 Å². The molecule has 264 valence electrons. The molecule has 2 aliphatic carbocycles. The summed E-state index contributed by atoms with van der Waals surface area (Å²) in [6.45, 7) is 20.6. The first-order chi connectivity index (χ1) is 25.3. The van der Waals surface area contributed by atoms with Crippen molar-refractivity contribution >= 4 is 54.8 Å². The smallest absolute Gasteiger partial charge is 0.0579 e. The molecule has 0 heterocycles. The highest BCUT2D eigenvalue weighted by Crippen LogP contribution is 2.62. The van der Waals surface area contributed by atoms with E-state index in [1.54, 1.807) is 11.1 Å². The molecule has 0 N–H and O–H groups in total. The molecule has 0 saturated carbocycles. The monoisotopic (exact) mass is 721 g/mol. The van der Waals surface area contributed by atoms with Crippen LogP contribution < -0.4 is 4.90 Å². The molecule has 0 atom stereocenters. The van der Waals surface area contributed by atoms with Gasteiger partial charge in [0.25, 0.3) is 0 Å². The van der Waals surface area contributed by atoms with Crippen molar-refractivity contribution in [2.75, 3.05) is 4.90 Å². The number of nitrogens with zero attached hydrogens (tertiary/aromatic N) is 1. The highest BCUT2D eigenvalue weighted by atomic mass is 28.4. The molecule has 0 amide bonds. The van der Waals surface area contributed by atoms with Gasteiger partial charge in [0.15, 0.2) is 0 Å². The summed E-state index contributed by atoms with van der Waals surface area (Å²) in [4.78, 5) is 2.47. The van der Waals surface area contributed by atoms with Crippen LogP contribution in [-0.2, 0) is 16.5 Å². The van der Waals surface area contributed by atoms with Gasteiger partial charge in [-0.3, -0.25) is 0 Å². The van der Waals surface area contributed by atoms with Crippen molar-refractivity contribution in [2.24, 2.45) is 0 Å². The highest BCUT2D eigenvalue weighted by Gasteiger charge is 2.60. The Balaban J connectivity index is 1.36. The summed E-state index contributed by atoms with van der Waals surface area (Å²) in [6, 6.07) is 53.4. The quantitative estimate of drug-likeness (QED) is 0.155. The molecule has 0 aliphatic heterocycles. The summed E-state index contributed by atoms with van der Waals surface area (Å²) < 4.78 is 0.0240. The Morgan fingerprint density at radius 1 is 0.509 bits per heavy atom. The van der Waals surface area contributed by atoms with E-state index in [1.807, 2.05) is 0 Å². The summed E-state index contributed by atoms with van der Waals surface area (Å²) >= 11 is 0. The van der Waals surface area contributed by atoms with E-state index in [2.05, 4.69) is 198 Å². The maximum Gasteiger partial charge on any atom is 0.0579 e. The number of para-hydroxylation sites is 1. The first-order valence-corrected chi connectivity index (χ1v) is 26.5. The molecular weight excluding hydrogens is 671 g/mol. The average Bonchev–Trinajstić information content (AvgIpc) is 3.62. The van der Waals surface area contributed by atoms with Crippen LogP contribution in [-0.4, -0.2) is 16.1 Å². The fourth-order valence-corrected chi connectivity index (χ4v) is 24.0. The zero-order valence-electron chi connectivity index (χ0n) is 32.6. The fourth-order valence-electron chi connectivity index (χ4n) is 10.9. The second-order valence-electron chi connectivity index (χ2n) is 18.3. The third-order valence-corrected chi connectivity index (χ3v) is 22.8.